The third-order valence-electron chi connectivity index (χ3n) is 3.21. The van der Waals surface area contributed by atoms with Crippen LogP contribution in [-0.4, -0.2) is 17.0 Å². The van der Waals surface area contributed by atoms with Gasteiger partial charge in [0.05, 0.1) is 0 Å². The van der Waals surface area contributed by atoms with Gasteiger partial charge in [-0.15, -0.1) is 0 Å². The maximum Gasteiger partial charge on any atom is 0.303 e. The highest BCUT2D eigenvalue weighted by Gasteiger charge is 2.05. The minimum Gasteiger partial charge on any atom is -0.481 e. The second-order valence-corrected chi connectivity index (χ2v) is 5.17. The Hall–Kier alpha value is -1.84. The summed E-state index contributed by atoms with van der Waals surface area (Å²) in [5, 5.41) is 11.4. The highest BCUT2D eigenvalue weighted by Crippen LogP contribution is 2.17. The molecular weight excluding hydrogens is 254 g/mol. The first kappa shape index (κ1) is 16.2. The summed E-state index contributed by atoms with van der Waals surface area (Å²) in [5.74, 6) is -0.727. The Balaban J connectivity index is 2.23. The highest BCUT2D eigenvalue weighted by molar-refractivity contribution is 5.91. The summed E-state index contributed by atoms with van der Waals surface area (Å²) in [5.41, 5.74) is 3.06. The molecule has 2 N–H and O–H groups in total. The van der Waals surface area contributed by atoms with Gasteiger partial charge in [0.25, 0.3) is 0 Å². The summed E-state index contributed by atoms with van der Waals surface area (Å²) < 4.78 is 0. The molecule has 1 amide bonds. The SMILES string of the molecule is Cc1ccc(C)c(NC(=O)CCCCCCC(=O)O)c1. The number of aliphatic carboxylic acids is 1. The fraction of sp³-hybridized carbons (Fsp3) is 0.500. The van der Waals surface area contributed by atoms with Crippen LogP contribution in [0.5, 0.6) is 0 Å². The van der Waals surface area contributed by atoms with Crippen molar-refractivity contribution in [2.24, 2.45) is 0 Å². The molecule has 0 aliphatic heterocycles. The molecule has 4 heteroatoms. The number of unbranched alkanes of at least 4 members (excludes halogenated alkanes) is 3. The predicted octanol–water partition coefficient (Wildman–Crippen LogP) is 3.67. The molecule has 0 aromatic heterocycles. The van der Waals surface area contributed by atoms with Gasteiger partial charge in [0.15, 0.2) is 0 Å². The lowest BCUT2D eigenvalue weighted by Crippen LogP contribution is -2.12. The lowest BCUT2D eigenvalue weighted by atomic mass is 10.1. The van der Waals surface area contributed by atoms with E-state index in [0.717, 1.165) is 36.1 Å². The van der Waals surface area contributed by atoms with E-state index in [2.05, 4.69) is 5.32 Å². The van der Waals surface area contributed by atoms with Gasteiger partial charge >= 0.3 is 5.97 Å². The van der Waals surface area contributed by atoms with E-state index in [1.807, 2.05) is 32.0 Å². The Morgan fingerprint density at radius 1 is 1.05 bits per heavy atom. The highest BCUT2D eigenvalue weighted by atomic mass is 16.4. The average Bonchev–Trinajstić information content (AvgIpc) is 2.37. The molecule has 4 nitrogen and oxygen atoms in total. The third kappa shape index (κ3) is 6.36. The fourth-order valence-corrected chi connectivity index (χ4v) is 2.00. The van der Waals surface area contributed by atoms with Crippen LogP contribution >= 0.6 is 0 Å². The topological polar surface area (TPSA) is 66.4 Å². The quantitative estimate of drug-likeness (QED) is 0.712. The molecule has 110 valence electrons. The van der Waals surface area contributed by atoms with Crippen LogP contribution in [0.1, 0.15) is 49.7 Å². The van der Waals surface area contributed by atoms with Crippen LogP contribution in [0.2, 0.25) is 0 Å². The Morgan fingerprint density at radius 2 is 1.70 bits per heavy atom. The first-order valence-corrected chi connectivity index (χ1v) is 7.08. The van der Waals surface area contributed by atoms with Gasteiger partial charge in [0, 0.05) is 18.5 Å². The van der Waals surface area contributed by atoms with Gasteiger partial charge in [-0.2, -0.15) is 0 Å². The summed E-state index contributed by atoms with van der Waals surface area (Å²) in [6.07, 6.45) is 3.95. The monoisotopic (exact) mass is 277 g/mol. The Morgan fingerprint density at radius 3 is 2.35 bits per heavy atom. The van der Waals surface area contributed by atoms with Crippen LogP contribution in [0.3, 0.4) is 0 Å². The lowest BCUT2D eigenvalue weighted by Gasteiger charge is -2.09. The first-order valence-electron chi connectivity index (χ1n) is 7.08. The van der Waals surface area contributed by atoms with Gasteiger partial charge < -0.3 is 10.4 Å². The minimum atomic E-state index is -0.752. The molecule has 1 aromatic rings. The van der Waals surface area contributed by atoms with Crippen molar-refractivity contribution >= 4 is 17.6 Å². The number of amides is 1. The Labute approximate surface area is 120 Å². The van der Waals surface area contributed by atoms with Crippen LogP contribution in [0.4, 0.5) is 5.69 Å². The van der Waals surface area contributed by atoms with Crippen LogP contribution in [0.25, 0.3) is 0 Å². The molecule has 0 unspecified atom stereocenters. The number of anilines is 1. The first-order chi connectivity index (χ1) is 9.49. The number of benzene rings is 1. The molecule has 20 heavy (non-hydrogen) atoms. The van der Waals surface area contributed by atoms with E-state index in [4.69, 9.17) is 5.11 Å². The van der Waals surface area contributed by atoms with Gasteiger partial charge in [-0.1, -0.05) is 25.0 Å². The van der Waals surface area contributed by atoms with Crippen LogP contribution < -0.4 is 5.32 Å². The Kier molecular flexibility index (Phi) is 6.77. The third-order valence-corrected chi connectivity index (χ3v) is 3.21. The number of carboxylic acid groups (broad SMARTS) is 1. The zero-order chi connectivity index (χ0) is 15.0. The van der Waals surface area contributed by atoms with Gasteiger partial charge in [0.1, 0.15) is 0 Å². The lowest BCUT2D eigenvalue weighted by molar-refractivity contribution is -0.137. The molecule has 0 aliphatic carbocycles. The molecule has 0 atom stereocenters. The normalized spacial score (nSPS) is 10.3. The smallest absolute Gasteiger partial charge is 0.303 e. The maximum atomic E-state index is 11.8. The van der Waals surface area contributed by atoms with E-state index in [1.165, 1.54) is 0 Å². The van der Waals surface area contributed by atoms with E-state index >= 15 is 0 Å². The standard InChI is InChI=1S/C16H23NO3/c1-12-9-10-13(2)14(11-12)17-15(18)7-5-3-4-6-8-16(19)20/h9-11H,3-8H2,1-2H3,(H,17,18)(H,19,20). The van der Waals surface area contributed by atoms with Crippen LogP contribution in [0.15, 0.2) is 18.2 Å². The molecule has 0 heterocycles. The number of rotatable bonds is 8. The number of hydrogen-bond donors (Lipinski definition) is 2. The summed E-state index contributed by atoms with van der Waals surface area (Å²) in [6, 6.07) is 5.99. The summed E-state index contributed by atoms with van der Waals surface area (Å²) >= 11 is 0. The van der Waals surface area contributed by atoms with E-state index in [-0.39, 0.29) is 12.3 Å². The van der Waals surface area contributed by atoms with E-state index < -0.39 is 5.97 Å². The van der Waals surface area contributed by atoms with Gasteiger partial charge in [-0.25, -0.2) is 0 Å². The van der Waals surface area contributed by atoms with Crippen molar-refractivity contribution in [3.63, 3.8) is 0 Å². The van der Waals surface area contributed by atoms with E-state index in [0.29, 0.717) is 12.8 Å². The van der Waals surface area contributed by atoms with Crippen molar-refractivity contribution in [1.29, 1.82) is 0 Å². The molecule has 0 bridgehead atoms. The number of carboxylic acids is 1. The number of aryl methyl sites for hydroxylation is 2. The van der Waals surface area contributed by atoms with E-state index in [1.54, 1.807) is 0 Å². The average molecular weight is 277 g/mol. The number of nitrogens with one attached hydrogen (secondary N) is 1. The van der Waals surface area contributed by atoms with Crippen LogP contribution in [-0.2, 0) is 9.59 Å². The van der Waals surface area contributed by atoms with Crippen molar-refractivity contribution in [2.45, 2.75) is 52.4 Å². The molecule has 0 spiro atoms. The summed E-state index contributed by atoms with van der Waals surface area (Å²) in [4.78, 5) is 22.2. The largest absolute Gasteiger partial charge is 0.481 e. The van der Waals surface area contributed by atoms with Gasteiger partial charge in [-0.3, -0.25) is 9.59 Å². The molecule has 0 radical (unpaired) electrons. The molecule has 0 fully saturated rings. The number of carbonyl (C=O) groups is 2. The van der Waals surface area contributed by atoms with Gasteiger partial charge in [0.2, 0.25) is 5.91 Å². The number of hydrogen-bond acceptors (Lipinski definition) is 2. The molecule has 1 aromatic carbocycles. The van der Waals surface area contributed by atoms with Gasteiger partial charge in [-0.05, 0) is 43.9 Å². The van der Waals surface area contributed by atoms with Crippen LogP contribution in [0, 0.1) is 13.8 Å². The minimum absolute atomic E-state index is 0.0249. The zero-order valence-corrected chi connectivity index (χ0v) is 12.2. The second-order valence-electron chi connectivity index (χ2n) is 5.17. The molecule has 0 saturated carbocycles. The second kappa shape index (κ2) is 8.35. The number of carbonyl (C=O) groups excluding carboxylic acids is 1. The molecule has 0 aliphatic rings. The predicted molar refractivity (Wildman–Crippen MR) is 79.9 cm³/mol. The van der Waals surface area contributed by atoms with Crippen molar-refractivity contribution in [1.82, 2.24) is 0 Å². The fourth-order valence-electron chi connectivity index (χ4n) is 2.00. The Bertz CT molecular complexity index is 469. The van der Waals surface area contributed by atoms with Crippen molar-refractivity contribution < 1.29 is 14.7 Å². The summed E-state index contributed by atoms with van der Waals surface area (Å²) in [7, 11) is 0. The molecular formula is C16H23NO3. The zero-order valence-electron chi connectivity index (χ0n) is 12.2. The molecule has 0 saturated heterocycles. The van der Waals surface area contributed by atoms with Crippen molar-refractivity contribution in [2.75, 3.05) is 5.32 Å². The van der Waals surface area contributed by atoms with E-state index in [9.17, 15) is 9.59 Å². The summed E-state index contributed by atoms with van der Waals surface area (Å²) in [6.45, 7) is 3.97. The molecule has 1 rings (SSSR count). The van der Waals surface area contributed by atoms with Crippen molar-refractivity contribution in [3.8, 4) is 0 Å². The van der Waals surface area contributed by atoms with Crippen molar-refractivity contribution in [3.05, 3.63) is 29.3 Å². The maximum absolute atomic E-state index is 11.8.